The molecule has 31 heavy (non-hydrogen) atoms. The normalized spacial score (nSPS) is 13.7. The molecular formula is C19H19F3N2O6S. The van der Waals surface area contributed by atoms with Gasteiger partial charge in [-0.15, -0.1) is 0 Å². The third-order valence-corrected chi connectivity index (χ3v) is 5.45. The van der Waals surface area contributed by atoms with Crippen LogP contribution >= 0.6 is 0 Å². The van der Waals surface area contributed by atoms with E-state index >= 15 is 0 Å². The molecule has 0 aromatic heterocycles. The first kappa shape index (κ1) is 24.2. The molecule has 0 bridgehead atoms. The molecule has 0 amide bonds. The highest BCUT2D eigenvalue weighted by molar-refractivity contribution is 7.89. The largest absolute Gasteiger partial charge is 0.465 e. The third kappa shape index (κ3) is 5.33. The van der Waals surface area contributed by atoms with Gasteiger partial charge < -0.3 is 14.8 Å². The molecule has 0 saturated heterocycles. The fourth-order valence-corrected chi connectivity index (χ4v) is 3.77. The molecule has 2 aromatic rings. The fraction of sp³-hybridized carbons (Fsp3) is 0.263. The van der Waals surface area contributed by atoms with Crippen molar-refractivity contribution in [2.24, 2.45) is 0 Å². The van der Waals surface area contributed by atoms with Crippen LogP contribution in [0.25, 0.3) is 0 Å². The number of halogens is 3. The van der Waals surface area contributed by atoms with Gasteiger partial charge >= 0.3 is 18.1 Å². The van der Waals surface area contributed by atoms with Crippen molar-refractivity contribution in [3.63, 3.8) is 0 Å². The summed E-state index contributed by atoms with van der Waals surface area (Å²) in [4.78, 5) is 23.5. The topological polar surface area (TPSA) is 111 Å². The van der Waals surface area contributed by atoms with Crippen LogP contribution in [0.1, 0.15) is 17.3 Å². The van der Waals surface area contributed by atoms with Crippen LogP contribution in [0, 0.1) is 0 Å². The van der Waals surface area contributed by atoms with Crippen molar-refractivity contribution in [2.75, 3.05) is 19.0 Å². The summed E-state index contributed by atoms with van der Waals surface area (Å²) in [5.74, 6) is -2.64. The van der Waals surface area contributed by atoms with Crippen molar-refractivity contribution in [1.82, 2.24) is 4.72 Å². The summed E-state index contributed by atoms with van der Waals surface area (Å²) in [5, 5.41) is 1.89. The summed E-state index contributed by atoms with van der Waals surface area (Å²) in [7, 11) is -3.69. The van der Waals surface area contributed by atoms with E-state index in [4.69, 9.17) is 0 Å². The van der Waals surface area contributed by atoms with Gasteiger partial charge in [0.25, 0.3) is 5.66 Å². The Hall–Kier alpha value is -3.12. The van der Waals surface area contributed by atoms with Gasteiger partial charge in [0.2, 0.25) is 10.0 Å². The standard InChI is InChI=1S/C19H19F3N2O6S/c1-3-30-17(26)18(19(20,21)22,24-31(27,28)15-7-5-4-6-8-15)23-14-11-9-13(10-12-14)16(25)29-2/h4-12,23-24H,3H2,1-2H3. The molecule has 0 heterocycles. The lowest BCUT2D eigenvalue weighted by molar-refractivity contribution is -0.202. The number of nitrogens with one attached hydrogen (secondary N) is 2. The Bertz CT molecular complexity index is 1030. The highest BCUT2D eigenvalue weighted by Crippen LogP contribution is 2.34. The molecule has 168 valence electrons. The van der Waals surface area contributed by atoms with Gasteiger partial charge in [-0.1, -0.05) is 18.2 Å². The zero-order valence-corrected chi connectivity index (χ0v) is 17.2. The third-order valence-electron chi connectivity index (χ3n) is 3.99. The van der Waals surface area contributed by atoms with Crippen LogP contribution in [0.15, 0.2) is 59.5 Å². The smallest absolute Gasteiger partial charge is 0.437 e. The van der Waals surface area contributed by atoms with E-state index in [0.29, 0.717) is 0 Å². The monoisotopic (exact) mass is 460 g/mol. The van der Waals surface area contributed by atoms with Crippen molar-refractivity contribution in [1.29, 1.82) is 0 Å². The molecule has 2 rings (SSSR count). The minimum absolute atomic E-state index is 0.0339. The average molecular weight is 460 g/mol. The van der Waals surface area contributed by atoms with E-state index in [9.17, 15) is 31.2 Å². The Morgan fingerprint density at radius 1 is 1.00 bits per heavy atom. The Kier molecular flexibility index (Phi) is 7.28. The zero-order chi connectivity index (χ0) is 23.3. The van der Waals surface area contributed by atoms with Gasteiger partial charge in [-0.25, -0.2) is 18.0 Å². The summed E-state index contributed by atoms with van der Waals surface area (Å²) < 4.78 is 78.3. The van der Waals surface area contributed by atoms with Gasteiger partial charge in [-0.2, -0.15) is 17.9 Å². The summed E-state index contributed by atoms with van der Waals surface area (Å²) in [6.45, 7) is 0.836. The minimum atomic E-state index is -5.46. The number of hydrogen-bond acceptors (Lipinski definition) is 7. The number of rotatable bonds is 8. The van der Waals surface area contributed by atoms with Crippen molar-refractivity contribution >= 4 is 27.6 Å². The maximum Gasteiger partial charge on any atom is 0.437 e. The van der Waals surface area contributed by atoms with Crippen molar-refractivity contribution in [3.05, 3.63) is 60.2 Å². The molecule has 1 unspecified atom stereocenters. The molecule has 2 aromatic carbocycles. The number of sulfonamides is 1. The van der Waals surface area contributed by atoms with E-state index in [2.05, 4.69) is 9.47 Å². The highest BCUT2D eigenvalue weighted by Gasteiger charge is 2.64. The summed E-state index contributed by atoms with van der Waals surface area (Å²) in [6.07, 6.45) is -5.46. The number of alkyl halides is 3. The predicted molar refractivity (Wildman–Crippen MR) is 104 cm³/mol. The molecule has 12 heteroatoms. The molecule has 0 saturated carbocycles. The minimum Gasteiger partial charge on any atom is -0.465 e. The van der Waals surface area contributed by atoms with Crippen LogP contribution in [0.3, 0.4) is 0 Å². The SMILES string of the molecule is CCOC(=O)C(Nc1ccc(C(=O)OC)cc1)(NS(=O)(=O)c1ccccc1)C(F)(F)F. The molecule has 0 aliphatic carbocycles. The van der Waals surface area contributed by atoms with Crippen LogP contribution in [-0.4, -0.2) is 45.9 Å². The number of hydrogen-bond donors (Lipinski definition) is 2. The maximum atomic E-state index is 14.2. The second-order valence-corrected chi connectivity index (χ2v) is 7.76. The van der Waals surface area contributed by atoms with E-state index in [1.165, 1.54) is 29.8 Å². The van der Waals surface area contributed by atoms with E-state index in [1.54, 1.807) is 0 Å². The Labute approximate surface area is 176 Å². The molecule has 0 aliphatic rings. The van der Waals surface area contributed by atoms with E-state index in [1.807, 2.05) is 5.32 Å². The second kappa shape index (κ2) is 9.35. The van der Waals surface area contributed by atoms with Gasteiger partial charge in [0, 0.05) is 5.69 Å². The average Bonchev–Trinajstić information content (AvgIpc) is 2.73. The fourth-order valence-electron chi connectivity index (χ4n) is 2.49. The Morgan fingerprint density at radius 3 is 2.06 bits per heavy atom. The molecule has 0 aliphatic heterocycles. The van der Waals surface area contributed by atoms with Crippen LogP contribution in [0.5, 0.6) is 0 Å². The number of methoxy groups -OCH3 is 1. The van der Waals surface area contributed by atoms with Gasteiger partial charge in [0.15, 0.2) is 0 Å². The van der Waals surface area contributed by atoms with E-state index < -0.39 is 45.3 Å². The maximum absolute atomic E-state index is 14.2. The number of esters is 2. The number of benzene rings is 2. The molecule has 0 spiro atoms. The second-order valence-electron chi connectivity index (χ2n) is 6.08. The molecule has 2 N–H and O–H groups in total. The number of ether oxygens (including phenoxy) is 2. The lowest BCUT2D eigenvalue weighted by atomic mass is 10.1. The summed E-state index contributed by atoms with van der Waals surface area (Å²) in [6, 6.07) is 10.6. The van der Waals surface area contributed by atoms with Gasteiger partial charge in [-0.05, 0) is 43.3 Å². The van der Waals surface area contributed by atoms with E-state index in [-0.39, 0.29) is 11.3 Å². The lowest BCUT2D eigenvalue weighted by Crippen LogP contribution is -2.69. The molecule has 0 radical (unpaired) electrons. The molecule has 0 fully saturated rings. The quantitative estimate of drug-likeness (QED) is 0.460. The lowest BCUT2D eigenvalue weighted by Gasteiger charge is -2.35. The summed E-state index contributed by atoms with van der Waals surface area (Å²) in [5.41, 5.74) is -4.12. The summed E-state index contributed by atoms with van der Waals surface area (Å²) >= 11 is 0. The van der Waals surface area contributed by atoms with Crippen LogP contribution in [-0.2, 0) is 24.3 Å². The Balaban J connectivity index is 2.56. The first-order valence-electron chi connectivity index (χ1n) is 8.76. The molecule has 8 nitrogen and oxygen atoms in total. The number of carbonyl (C=O) groups is 2. The van der Waals surface area contributed by atoms with Gasteiger partial charge in [-0.3, -0.25) is 0 Å². The highest BCUT2D eigenvalue weighted by atomic mass is 32.2. The van der Waals surface area contributed by atoms with Crippen LogP contribution < -0.4 is 10.0 Å². The van der Waals surface area contributed by atoms with Crippen molar-refractivity contribution in [2.45, 2.75) is 23.7 Å². The first-order chi connectivity index (χ1) is 14.5. The zero-order valence-electron chi connectivity index (χ0n) is 16.4. The number of carbonyl (C=O) groups excluding carboxylic acids is 2. The van der Waals surface area contributed by atoms with Gasteiger partial charge in [0.1, 0.15) is 0 Å². The van der Waals surface area contributed by atoms with Crippen molar-refractivity contribution < 1.29 is 40.7 Å². The number of anilines is 1. The van der Waals surface area contributed by atoms with E-state index in [0.717, 1.165) is 43.5 Å². The Morgan fingerprint density at radius 2 is 1.58 bits per heavy atom. The molecule has 1 atom stereocenters. The first-order valence-corrected chi connectivity index (χ1v) is 10.2. The van der Waals surface area contributed by atoms with Crippen LogP contribution in [0.2, 0.25) is 0 Å². The van der Waals surface area contributed by atoms with Crippen molar-refractivity contribution in [3.8, 4) is 0 Å². The van der Waals surface area contributed by atoms with Gasteiger partial charge in [0.05, 0.1) is 24.2 Å². The predicted octanol–water partition coefficient (Wildman–Crippen LogP) is 2.69. The van der Waals surface area contributed by atoms with Crippen LogP contribution in [0.4, 0.5) is 18.9 Å². The molecular weight excluding hydrogens is 441 g/mol.